The Labute approximate surface area is 128 Å². The highest BCUT2D eigenvalue weighted by atomic mass is 79.9. The molecule has 0 saturated heterocycles. The molecule has 2 N–H and O–H groups in total. The van der Waals surface area contributed by atoms with Crippen molar-refractivity contribution in [1.82, 2.24) is 4.90 Å². The first-order valence-corrected chi connectivity index (χ1v) is 7.19. The minimum atomic E-state index is -0.303. The summed E-state index contributed by atoms with van der Waals surface area (Å²) < 4.78 is 0.961. The molecule has 0 radical (unpaired) electrons. The van der Waals surface area contributed by atoms with Gasteiger partial charge in [0.25, 0.3) is 11.8 Å². The van der Waals surface area contributed by atoms with Crippen molar-refractivity contribution < 1.29 is 14.5 Å². The van der Waals surface area contributed by atoms with Crippen LogP contribution in [0.2, 0.25) is 0 Å². The van der Waals surface area contributed by atoms with Crippen LogP contribution in [0, 0.1) is 0 Å². The highest BCUT2D eigenvalue weighted by Crippen LogP contribution is 2.13. The zero-order valence-electron chi connectivity index (χ0n) is 12.2. The van der Waals surface area contributed by atoms with Gasteiger partial charge in [-0.2, -0.15) is 0 Å². The van der Waals surface area contributed by atoms with E-state index < -0.39 is 0 Å². The number of likely N-dealkylation sites (N-methyl/N-ethyl adjacent to an activating group) is 2. The van der Waals surface area contributed by atoms with E-state index in [0.29, 0.717) is 6.54 Å². The molecular weight excluding hydrogens is 322 g/mol. The smallest absolute Gasteiger partial charge is 0.282 e. The summed E-state index contributed by atoms with van der Waals surface area (Å²) in [6, 6.07) is 7.09. The zero-order chi connectivity index (χ0) is 15.3. The van der Waals surface area contributed by atoms with E-state index in [9.17, 15) is 9.59 Å². The lowest BCUT2D eigenvalue weighted by Crippen LogP contribution is -3.15. The molecule has 0 heterocycles. The molecule has 1 aromatic rings. The molecule has 0 spiro atoms. The second kappa shape index (κ2) is 7.40. The molecule has 0 bridgehead atoms. The quantitative estimate of drug-likeness (QED) is 0.812. The summed E-state index contributed by atoms with van der Waals surface area (Å²) in [5.74, 6) is -0.0952. The van der Waals surface area contributed by atoms with E-state index in [-0.39, 0.29) is 17.9 Å². The van der Waals surface area contributed by atoms with Gasteiger partial charge in [-0.05, 0) is 31.2 Å². The average Bonchev–Trinajstić information content (AvgIpc) is 2.40. The van der Waals surface area contributed by atoms with Gasteiger partial charge >= 0.3 is 0 Å². The Balaban J connectivity index is 2.58. The minimum absolute atomic E-state index is 0.00536. The SMILES string of the molecule is C[C@@H](C(=O)Nc1ccc(Br)cc1)[NH+](C)CC(=O)N(C)C. The Morgan fingerprint density at radius 1 is 1.30 bits per heavy atom. The van der Waals surface area contributed by atoms with Crippen molar-refractivity contribution in [2.24, 2.45) is 0 Å². The number of hydrogen-bond donors (Lipinski definition) is 2. The first kappa shape index (κ1) is 16.7. The van der Waals surface area contributed by atoms with E-state index in [1.807, 2.05) is 38.2 Å². The second-order valence-electron chi connectivity index (χ2n) is 5.03. The van der Waals surface area contributed by atoms with Crippen molar-refractivity contribution >= 4 is 33.4 Å². The van der Waals surface area contributed by atoms with E-state index in [2.05, 4.69) is 21.2 Å². The van der Waals surface area contributed by atoms with E-state index in [0.717, 1.165) is 15.1 Å². The average molecular weight is 343 g/mol. The first-order chi connectivity index (χ1) is 9.31. The van der Waals surface area contributed by atoms with Gasteiger partial charge in [0.05, 0.1) is 7.05 Å². The number of carbonyl (C=O) groups excluding carboxylic acids is 2. The number of rotatable bonds is 5. The molecule has 0 aliphatic carbocycles. The fraction of sp³-hybridized carbons (Fsp3) is 0.429. The maximum absolute atomic E-state index is 12.1. The summed E-state index contributed by atoms with van der Waals surface area (Å²) in [6.07, 6.45) is 0. The van der Waals surface area contributed by atoms with Gasteiger partial charge in [-0.1, -0.05) is 15.9 Å². The van der Waals surface area contributed by atoms with Gasteiger partial charge in [0, 0.05) is 24.3 Å². The van der Waals surface area contributed by atoms with Crippen LogP contribution < -0.4 is 10.2 Å². The third-order valence-corrected chi connectivity index (χ3v) is 3.70. The summed E-state index contributed by atoms with van der Waals surface area (Å²) in [7, 11) is 5.26. The normalized spacial score (nSPS) is 13.4. The van der Waals surface area contributed by atoms with E-state index >= 15 is 0 Å². The van der Waals surface area contributed by atoms with Crippen molar-refractivity contribution in [2.45, 2.75) is 13.0 Å². The van der Waals surface area contributed by atoms with Crippen molar-refractivity contribution in [3.05, 3.63) is 28.7 Å². The third kappa shape index (κ3) is 4.94. The van der Waals surface area contributed by atoms with Crippen molar-refractivity contribution in [3.63, 3.8) is 0 Å². The van der Waals surface area contributed by atoms with Crippen LogP contribution in [0.25, 0.3) is 0 Å². The summed E-state index contributed by atoms with van der Waals surface area (Å²) in [6.45, 7) is 2.11. The number of benzene rings is 1. The Morgan fingerprint density at radius 3 is 2.35 bits per heavy atom. The first-order valence-electron chi connectivity index (χ1n) is 6.40. The number of nitrogens with one attached hydrogen (secondary N) is 2. The van der Waals surface area contributed by atoms with E-state index in [4.69, 9.17) is 0 Å². The van der Waals surface area contributed by atoms with Crippen LogP contribution in [0.5, 0.6) is 0 Å². The standard InChI is InChI=1S/C14H20BrN3O2/c1-10(18(4)9-13(19)17(2)3)14(20)16-12-7-5-11(15)6-8-12/h5-8,10H,9H2,1-4H3,(H,16,20)/p+1/t10-/m0/s1. The number of anilines is 1. The number of amides is 2. The Kier molecular flexibility index (Phi) is 6.16. The van der Waals surface area contributed by atoms with E-state index in [1.54, 1.807) is 14.1 Å². The Morgan fingerprint density at radius 2 is 1.85 bits per heavy atom. The number of carbonyl (C=O) groups is 2. The van der Waals surface area contributed by atoms with Crippen LogP contribution in [0.3, 0.4) is 0 Å². The van der Waals surface area contributed by atoms with Gasteiger partial charge in [0.15, 0.2) is 12.6 Å². The topological polar surface area (TPSA) is 53.9 Å². The van der Waals surface area contributed by atoms with E-state index in [1.165, 1.54) is 4.90 Å². The summed E-state index contributed by atoms with van der Waals surface area (Å²) in [5.41, 5.74) is 0.747. The molecule has 0 saturated carbocycles. The van der Waals surface area contributed by atoms with Gasteiger partial charge in [-0.3, -0.25) is 9.59 Å². The fourth-order valence-electron chi connectivity index (χ4n) is 1.56. The molecule has 0 aliphatic rings. The molecule has 1 aromatic carbocycles. The summed E-state index contributed by atoms with van der Waals surface area (Å²) in [5, 5.41) is 2.85. The molecule has 1 rings (SSSR count). The largest absolute Gasteiger partial charge is 0.344 e. The fourth-order valence-corrected chi connectivity index (χ4v) is 1.82. The number of hydrogen-bond acceptors (Lipinski definition) is 2. The molecule has 2 amide bonds. The number of quaternary nitrogens is 1. The highest BCUT2D eigenvalue weighted by Gasteiger charge is 2.24. The lowest BCUT2D eigenvalue weighted by molar-refractivity contribution is -0.886. The monoisotopic (exact) mass is 342 g/mol. The second-order valence-corrected chi connectivity index (χ2v) is 5.94. The maximum atomic E-state index is 12.1. The molecular formula is C14H21BrN3O2+. The molecule has 20 heavy (non-hydrogen) atoms. The molecule has 110 valence electrons. The van der Waals surface area contributed by atoms with Crippen LogP contribution in [0.15, 0.2) is 28.7 Å². The zero-order valence-corrected chi connectivity index (χ0v) is 13.8. The lowest BCUT2D eigenvalue weighted by atomic mass is 10.2. The van der Waals surface area contributed by atoms with Gasteiger partial charge in [-0.15, -0.1) is 0 Å². The van der Waals surface area contributed by atoms with Crippen molar-refractivity contribution in [1.29, 1.82) is 0 Å². The lowest BCUT2D eigenvalue weighted by Gasteiger charge is -2.22. The van der Waals surface area contributed by atoms with Gasteiger partial charge < -0.3 is 15.1 Å². The molecule has 0 aliphatic heterocycles. The third-order valence-electron chi connectivity index (χ3n) is 3.17. The number of nitrogens with zero attached hydrogens (tertiary/aromatic N) is 1. The highest BCUT2D eigenvalue weighted by molar-refractivity contribution is 9.10. The Bertz CT molecular complexity index is 474. The van der Waals surface area contributed by atoms with Crippen molar-refractivity contribution in [2.75, 3.05) is 33.0 Å². The Hall–Kier alpha value is -1.40. The van der Waals surface area contributed by atoms with Crippen LogP contribution in [0.4, 0.5) is 5.69 Å². The van der Waals surface area contributed by atoms with Gasteiger partial charge in [0.2, 0.25) is 0 Å². The molecule has 0 aromatic heterocycles. The molecule has 5 nitrogen and oxygen atoms in total. The predicted molar refractivity (Wildman–Crippen MR) is 82.7 cm³/mol. The summed E-state index contributed by atoms with van der Waals surface area (Å²) in [4.78, 5) is 26.2. The molecule has 6 heteroatoms. The van der Waals surface area contributed by atoms with Gasteiger partial charge in [-0.25, -0.2) is 0 Å². The molecule has 0 fully saturated rings. The van der Waals surface area contributed by atoms with Crippen molar-refractivity contribution in [3.8, 4) is 0 Å². The number of halogens is 1. The maximum Gasteiger partial charge on any atom is 0.282 e. The predicted octanol–water partition coefficient (Wildman–Crippen LogP) is 0.379. The van der Waals surface area contributed by atoms with Crippen LogP contribution in [0.1, 0.15) is 6.92 Å². The van der Waals surface area contributed by atoms with Crippen LogP contribution in [-0.2, 0) is 9.59 Å². The summed E-state index contributed by atoms with van der Waals surface area (Å²) >= 11 is 3.35. The van der Waals surface area contributed by atoms with Crippen LogP contribution in [-0.4, -0.2) is 50.4 Å². The molecule has 1 unspecified atom stereocenters. The van der Waals surface area contributed by atoms with Gasteiger partial charge in [0.1, 0.15) is 0 Å². The molecule has 2 atom stereocenters. The minimum Gasteiger partial charge on any atom is -0.344 e. The van der Waals surface area contributed by atoms with Crippen LogP contribution >= 0.6 is 15.9 Å².